The van der Waals surface area contributed by atoms with E-state index in [2.05, 4.69) is 27.7 Å². The molecule has 176 valence electrons. The van der Waals surface area contributed by atoms with Crippen molar-refractivity contribution in [3.63, 3.8) is 0 Å². The summed E-state index contributed by atoms with van der Waals surface area (Å²) in [6.07, 6.45) is 14.6. The lowest BCUT2D eigenvalue weighted by atomic mass is 9.43. The molecule has 0 aromatic rings. The predicted molar refractivity (Wildman–Crippen MR) is 127 cm³/mol. The molecule has 4 aliphatic carbocycles. The highest BCUT2D eigenvalue weighted by Gasteiger charge is 2.63. The zero-order valence-corrected chi connectivity index (χ0v) is 20.6. The number of hydrogen-bond donors (Lipinski definition) is 2. The lowest BCUT2D eigenvalue weighted by Crippen LogP contribution is -2.59. The van der Waals surface area contributed by atoms with Crippen molar-refractivity contribution in [2.24, 2.45) is 40.4 Å². The summed E-state index contributed by atoms with van der Waals surface area (Å²) in [4.78, 5) is 0. The highest BCUT2D eigenvalue weighted by molar-refractivity contribution is 5.98. The molecule has 4 saturated carbocycles. The molecule has 4 heteroatoms. The van der Waals surface area contributed by atoms with E-state index in [1.807, 2.05) is 0 Å². The normalized spacial score (nSPS) is 49.0. The van der Waals surface area contributed by atoms with Crippen LogP contribution in [-0.4, -0.2) is 36.1 Å². The lowest BCUT2D eigenvalue weighted by Gasteiger charge is -2.63. The maximum absolute atomic E-state index is 11.6. The fraction of sp³-hybridized carbons (Fsp3) is 1.00. The van der Waals surface area contributed by atoms with Crippen LogP contribution in [0.4, 0.5) is 0 Å². The van der Waals surface area contributed by atoms with Crippen molar-refractivity contribution in [2.45, 2.75) is 129 Å². The van der Waals surface area contributed by atoms with Crippen molar-refractivity contribution < 1.29 is 14.9 Å². The van der Waals surface area contributed by atoms with Crippen LogP contribution in [0.25, 0.3) is 0 Å². The van der Waals surface area contributed by atoms with Crippen molar-refractivity contribution in [1.29, 1.82) is 0 Å². The molecule has 0 amide bonds. The standard InChI is InChI=1S/C27H47BO3/c1-5-6-7-8-13-27(4,30)24-10-9-20-19-17-23(31-28)22-16-18(29)11-14-25(22,2)21(19)12-15-26(20,24)3/h18-24,29-30H,5-17H2,1-4H3/t18-,19?,20?,21?,22+,23-,24-,25+,26-,27-/m0/s1. The molecule has 10 atom stereocenters. The lowest BCUT2D eigenvalue weighted by molar-refractivity contribution is -0.173. The predicted octanol–water partition coefficient (Wildman–Crippen LogP) is 5.81. The molecule has 0 saturated heterocycles. The Morgan fingerprint density at radius 1 is 0.935 bits per heavy atom. The van der Waals surface area contributed by atoms with Crippen molar-refractivity contribution >= 4 is 8.05 Å². The van der Waals surface area contributed by atoms with Gasteiger partial charge in [0.05, 0.1) is 11.7 Å². The molecule has 0 aromatic heterocycles. The van der Waals surface area contributed by atoms with Crippen LogP contribution >= 0.6 is 0 Å². The van der Waals surface area contributed by atoms with E-state index in [0.29, 0.717) is 29.6 Å². The smallest absolute Gasteiger partial charge is 0.283 e. The van der Waals surface area contributed by atoms with E-state index >= 15 is 0 Å². The van der Waals surface area contributed by atoms with Crippen molar-refractivity contribution in [3.8, 4) is 0 Å². The molecule has 2 radical (unpaired) electrons. The Kier molecular flexibility index (Phi) is 6.95. The molecule has 0 aliphatic heterocycles. The Morgan fingerprint density at radius 2 is 1.65 bits per heavy atom. The van der Waals surface area contributed by atoms with Gasteiger partial charge in [-0.2, -0.15) is 0 Å². The van der Waals surface area contributed by atoms with Gasteiger partial charge < -0.3 is 14.9 Å². The molecular weight excluding hydrogens is 383 g/mol. The molecule has 0 spiro atoms. The molecule has 0 bridgehead atoms. The van der Waals surface area contributed by atoms with Crippen LogP contribution in [0.1, 0.15) is 111 Å². The summed E-state index contributed by atoms with van der Waals surface area (Å²) in [5.74, 6) is 2.81. The van der Waals surface area contributed by atoms with Crippen LogP contribution < -0.4 is 0 Å². The Bertz CT molecular complexity index is 624. The second-order valence-corrected chi connectivity index (χ2v) is 12.7. The number of unbranched alkanes of at least 4 members (excludes halogenated alkanes) is 3. The third kappa shape index (κ3) is 4.05. The minimum atomic E-state index is -0.552. The first-order valence-electron chi connectivity index (χ1n) is 13.4. The third-order valence-corrected chi connectivity index (χ3v) is 11.1. The largest absolute Gasteiger partial charge is 0.445 e. The van der Waals surface area contributed by atoms with Gasteiger partial charge in [-0.15, -0.1) is 0 Å². The Morgan fingerprint density at radius 3 is 2.35 bits per heavy atom. The summed E-state index contributed by atoms with van der Waals surface area (Å²) >= 11 is 0. The topological polar surface area (TPSA) is 49.7 Å². The fourth-order valence-corrected chi connectivity index (χ4v) is 9.50. The summed E-state index contributed by atoms with van der Waals surface area (Å²) in [6, 6.07) is 0. The van der Waals surface area contributed by atoms with Crippen molar-refractivity contribution in [1.82, 2.24) is 0 Å². The average Bonchev–Trinajstić information content (AvgIpc) is 3.09. The van der Waals surface area contributed by atoms with Crippen LogP contribution in [0.5, 0.6) is 0 Å². The summed E-state index contributed by atoms with van der Waals surface area (Å²) in [7, 11) is 5.86. The first kappa shape index (κ1) is 24.1. The summed E-state index contributed by atoms with van der Waals surface area (Å²) in [6.45, 7) is 9.37. The maximum atomic E-state index is 11.6. The molecule has 0 aromatic carbocycles. The van der Waals surface area contributed by atoms with E-state index in [9.17, 15) is 10.2 Å². The first-order chi connectivity index (χ1) is 14.7. The Labute approximate surface area is 192 Å². The summed E-state index contributed by atoms with van der Waals surface area (Å²) in [5, 5.41) is 22.0. The molecule has 4 fully saturated rings. The Hall–Kier alpha value is -0.0551. The van der Waals surface area contributed by atoms with Gasteiger partial charge in [0.15, 0.2) is 0 Å². The van der Waals surface area contributed by atoms with Gasteiger partial charge >= 0.3 is 0 Å². The van der Waals surface area contributed by atoms with Gasteiger partial charge in [0.1, 0.15) is 0 Å². The SMILES string of the molecule is [B]O[C@H]1CC2C3CC[C@H]([C@@](C)(O)CCCCCC)[C@@]3(C)CCC2[C@@]2(C)CC[C@H](O)C[C@H]12. The van der Waals surface area contributed by atoms with Crippen LogP contribution in [-0.2, 0) is 4.65 Å². The van der Waals surface area contributed by atoms with E-state index in [1.54, 1.807) is 0 Å². The van der Waals surface area contributed by atoms with Crippen LogP contribution in [0.3, 0.4) is 0 Å². The minimum Gasteiger partial charge on any atom is -0.445 e. The van der Waals surface area contributed by atoms with Gasteiger partial charge in [-0.25, -0.2) is 0 Å². The van der Waals surface area contributed by atoms with Gasteiger partial charge in [0.2, 0.25) is 0 Å². The number of aliphatic hydroxyl groups is 2. The monoisotopic (exact) mass is 430 g/mol. The highest BCUT2D eigenvalue weighted by atomic mass is 16.4. The number of rotatable bonds is 7. The number of hydrogen-bond acceptors (Lipinski definition) is 3. The van der Waals surface area contributed by atoms with Crippen LogP contribution in [0.15, 0.2) is 0 Å². The van der Waals surface area contributed by atoms with E-state index in [4.69, 9.17) is 12.7 Å². The number of aliphatic hydroxyl groups excluding tert-OH is 1. The summed E-state index contributed by atoms with van der Waals surface area (Å²) in [5.41, 5.74) is -0.0931. The van der Waals surface area contributed by atoms with Gasteiger partial charge in [-0.1, -0.05) is 46.5 Å². The summed E-state index contributed by atoms with van der Waals surface area (Å²) < 4.78 is 5.61. The van der Waals surface area contributed by atoms with Crippen molar-refractivity contribution in [2.75, 3.05) is 0 Å². The zero-order valence-electron chi connectivity index (χ0n) is 20.6. The minimum absolute atomic E-state index is 0.0668. The Balaban J connectivity index is 1.54. The molecule has 0 heterocycles. The average molecular weight is 430 g/mol. The second-order valence-electron chi connectivity index (χ2n) is 12.7. The van der Waals surface area contributed by atoms with Gasteiger partial charge in [-0.05, 0) is 105 Å². The fourth-order valence-electron chi connectivity index (χ4n) is 9.50. The molecule has 3 nitrogen and oxygen atoms in total. The van der Waals surface area contributed by atoms with Crippen molar-refractivity contribution in [3.05, 3.63) is 0 Å². The second kappa shape index (κ2) is 8.95. The zero-order chi connectivity index (χ0) is 22.4. The molecule has 2 N–H and O–H groups in total. The van der Waals surface area contributed by atoms with Gasteiger partial charge in [0, 0.05) is 6.10 Å². The van der Waals surface area contributed by atoms with Crippen LogP contribution in [0.2, 0.25) is 0 Å². The maximum Gasteiger partial charge on any atom is 0.283 e. The van der Waals surface area contributed by atoms with E-state index in [-0.39, 0.29) is 23.0 Å². The third-order valence-electron chi connectivity index (χ3n) is 11.1. The molecule has 4 aliphatic rings. The molecule has 3 unspecified atom stereocenters. The van der Waals surface area contributed by atoms with E-state index < -0.39 is 5.60 Å². The quantitative estimate of drug-likeness (QED) is 0.396. The van der Waals surface area contributed by atoms with Gasteiger partial charge in [0.25, 0.3) is 8.05 Å². The van der Waals surface area contributed by atoms with E-state index in [1.165, 1.54) is 38.5 Å². The van der Waals surface area contributed by atoms with Gasteiger partial charge in [-0.3, -0.25) is 0 Å². The molecule has 31 heavy (non-hydrogen) atoms. The van der Waals surface area contributed by atoms with E-state index in [0.717, 1.165) is 44.9 Å². The first-order valence-corrected chi connectivity index (χ1v) is 13.4. The van der Waals surface area contributed by atoms with Crippen LogP contribution in [0, 0.1) is 40.4 Å². The highest BCUT2D eigenvalue weighted by Crippen LogP contribution is 2.69. The molecule has 4 rings (SSSR count). The number of fused-ring (bicyclic) bond motifs is 5. The molecular formula is C27H47BO3.